The van der Waals surface area contributed by atoms with Gasteiger partial charge in [0.2, 0.25) is 0 Å². The van der Waals surface area contributed by atoms with Gasteiger partial charge in [-0.15, -0.1) is 0 Å². The summed E-state index contributed by atoms with van der Waals surface area (Å²) in [6.45, 7) is 10.5. The fourth-order valence-corrected chi connectivity index (χ4v) is 3.45. The van der Waals surface area contributed by atoms with E-state index in [-0.39, 0.29) is 6.61 Å². The van der Waals surface area contributed by atoms with E-state index in [9.17, 15) is 5.11 Å². The molecule has 4 nitrogen and oxygen atoms in total. The number of benzene rings is 1. The van der Waals surface area contributed by atoms with Gasteiger partial charge in [-0.25, -0.2) is 0 Å². The third-order valence-corrected chi connectivity index (χ3v) is 4.61. The monoisotopic (exact) mass is 331 g/mol. The summed E-state index contributed by atoms with van der Waals surface area (Å²) in [5, 5.41) is 12.7. The van der Waals surface area contributed by atoms with E-state index >= 15 is 0 Å². The molecule has 0 aliphatic carbocycles. The number of aliphatic hydroxyl groups is 1. The van der Waals surface area contributed by atoms with E-state index in [4.69, 9.17) is 4.99 Å². The van der Waals surface area contributed by atoms with Crippen LogP contribution < -0.4 is 5.32 Å². The first kappa shape index (κ1) is 18.8. The molecule has 1 unspecified atom stereocenters. The maximum Gasteiger partial charge on any atom is 0.194 e. The largest absolute Gasteiger partial charge is 0.396 e. The molecule has 0 bridgehead atoms. The highest BCUT2D eigenvalue weighted by Gasteiger charge is 2.19. The van der Waals surface area contributed by atoms with Crippen LogP contribution in [0.5, 0.6) is 0 Å². The maximum absolute atomic E-state index is 9.30. The van der Waals surface area contributed by atoms with Crippen LogP contribution >= 0.6 is 0 Å². The second-order valence-electron chi connectivity index (χ2n) is 7.14. The van der Waals surface area contributed by atoms with Crippen molar-refractivity contribution in [3.05, 3.63) is 35.4 Å². The summed E-state index contributed by atoms with van der Waals surface area (Å²) < 4.78 is 0. The average Bonchev–Trinajstić information content (AvgIpc) is 2.57. The van der Waals surface area contributed by atoms with Crippen molar-refractivity contribution in [3.63, 3.8) is 0 Å². The van der Waals surface area contributed by atoms with E-state index in [2.05, 4.69) is 55.3 Å². The van der Waals surface area contributed by atoms with Gasteiger partial charge in [0.15, 0.2) is 5.96 Å². The Labute approximate surface area is 147 Å². The fourth-order valence-electron chi connectivity index (χ4n) is 3.45. The van der Waals surface area contributed by atoms with Crippen molar-refractivity contribution in [1.29, 1.82) is 0 Å². The van der Waals surface area contributed by atoms with E-state index < -0.39 is 0 Å². The average molecular weight is 332 g/mol. The molecule has 134 valence electrons. The molecule has 0 saturated carbocycles. The number of aliphatic imine (C=N–C) groups is 1. The van der Waals surface area contributed by atoms with Crippen LogP contribution in [0.1, 0.15) is 44.7 Å². The van der Waals surface area contributed by atoms with Crippen molar-refractivity contribution in [1.82, 2.24) is 10.2 Å². The highest BCUT2D eigenvalue weighted by molar-refractivity contribution is 5.80. The van der Waals surface area contributed by atoms with Crippen molar-refractivity contribution in [2.75, 3.05) is 26.2 Å². The summed E-state index contributed by atoms with van der Waals surface area (Å²) in [4.78, 5) is 7.26. The van der Waals surface area contributed by atoms with E-state index in [1.54, 1.807) is 0 Å². The summed E-state index contributed by atoms with van der Waals surface area (Å²) in [6, 6.07) is 8.69. The molecule has 0 spiro atoms. The summed E-state index contributed by atoms with van der Waals surface area (Å²) in [5.41, 5.74) is 2.87. The van der Waals surface area contributed by atoms with Crippen LogP contribution in [0.3, 0.4) is 0 Å². The van der Waals surface area contributed by atoms with Crippen molar-refractivity contribution in [2.45, 2.75) is 46.6 Å². The Bertz CT molecular complexity index is 527. The smallest absolute Gasteiger partial charge is 0.194 e. The lowest BCUT2D eigenvalue weighted by molar-refractivity contribution is 0.245. The minimum absolute atomic E-state index is 0.251. The van der Waals surface area contributed by atoms with Gasteiger partial charge < -0.3 is 15.3 Å². The second-order valence-corrected chi connectivity index (χ2v) is 7.14. The first-order chi connectivity index (χ1) is 11.6. The number of guanidine groups is 1. The molecule has 0 saturated heterocycles. The second kappa shape index (κ2) is 9.67. The summed E-state index contributed by atoms with van der Waals surface area (Å²) in [5.74, 6) is 2.11. The van der Waals surface area contributed by atoms with E-state index in [1.165, 1.54) is 11.1 Å². The van der Waals surface area contributed by atoms with Crippen molar-refractivity contribution in [2.24, 2.45) is 16.8 Å². The van der Waals surface area contributed by atoms with Crippen LogP contribution in [0.25, 0.3) is 0 Å². The Kier molecular flexibility index (Phi) is 7.57. The molecule has 1 heterocycles. The van der Waals surface area contributed by atoms with Crippen LogP contribution in [-0.4, -0.2) is 42.2 Å². The normalized spacial score (nSPS) is 16.2. The molecular formula is C20H33N3O. The highest BCUT2D eigenvalue weighted by Crippen LogP contribution is 2.19. The predicted octanol–water partition coefficient (Wildman–Crippen LogP) is 3.05. The first-order valence-electron chi connectivity index (χ1n) is 9.34. The maximum atomic E-state index is 9.30. The van der Waals surface area contributed by atoms with Crippen LogP contribution in [0.4, 0.5) is 0 Å². The molecule has 1 atom stereocenters. The summed E-state index contributed by atoms with van der Waals surface area (Å²) >= 11 is 0. The molecule has 0 radical (unpaired) electrons. The number of nitrogens with one attached hydrogen (secondary N) is 1. The van der Waals surface area contributed by atoms with E-state index in [1.807, 2.05) is 0 Å². The molecule has 2 N–H and O–H groups in total. The molecule has 1 aliphatic heterocycles. The molecule has 0 amide bonds. The number of hydrogen-bond donors (Lipinski definition) is 2. The summed E-state index contributed by atoms with van der Waals surface area (Å²) in [7, 11) is 0. The van der Waals surface area contributed by atoms with Gasteiger partial charge in [-0.3, -0.25) is 4.99 Å². The molecule has 0 fully saturated rings. The molecule has 4 heteroatoms. The van der Waals surface area contributed by atoms with Gasteiger partial charge in [-0.05, 0) is 49.1 Å². The Balaban J connectivity index is 2.05. The molecule has 1 aromatic rings. The van der Waals surface area contributed by atoms with Gasteiger partial charge in [0.25, 0.3) is 0 Å². The van der Waals surface area contributed by atoms with Crippen LogP contribution in [0.15, 0.2) is 29.3 Å². The van der Waals surface area contributed by atoms with Gasteiger partial charge in [-0.1, -0.05) is 38.1 Å². The number of aliphatic hydroxyl groups excluding tert-OH is 1. The topological polar surface area (TPSA) is 47.9 Å². The van der Waals surface area contributed by atoms with Crippen molar-refractivity contribution >= 4 is 5.96 Å². The van der Waals surface area contributed by atoms with Gasteiger partial charge in [0.1, 0.15) is 0 Å². The zero-order valence-corrected chi connectivity index (χ0v) is 15.5. The zero-order valence-electron chi connectivity index (χ0n) is 15.5. The first-order valence-corrected chi connectivity index (χ1v) is 9.34. The standard InChI is InChI=1S/C20H33N3O/c1-4-21-20(22-14-17(10-12-24)13-16(2)3)23-11-9-18-7-5-6-8-19(18)15-23/h5-8,16-17,24H,4,9-15H2,1-3H3,(H,21,22). The number of nitrogens with zero attached hydrogens (tertiary/aromatic N) is 2. The molecule has 0 aromatic heterocycles. The van der Waals surface area contributed by atoms with Crippen LogP contribution in [0.2, 0.25) is 0 Å². The van der Waals surface area contributed by atoms with Gasteiger partial charge >= 0.3 is 0 Å². The number of hydrogen-bond acceptors (Lipinski definition) is 2. The Morgan fingerprint density at radius 1 is 1.29 bits per heavy atom. The van der Waals surface area contributed by atoms with Crippen molar-refractivity contribution in [3.8, 4) is 0 Å². The molecule has 1 aliphatic rings. The van der Waals surface area contributed by atoms with Gasteiger partial charge in [0, 0.05) is 32.8 Å². The van der Waals surface area contributed by atoms with Crippen LogP contribution in [-0.2, 0) is 13.0 Å². The lowest BCUT2D eigenvalue weighted by atomic mass is 9.94. The number of fused-ring (bicyclic) bond motifs is 1. The SMILES string of the molecule is CCNC(=NCC(CCO)CC(C)C)N1CCc2ccccc2C1. The van der Waals surface area contributed by atoms with Gasteiger partial charge in [0.05, 0.1) is 0 Å². The predicted molar refractivity (Wildman–Crippen MR) is 101 cm³/mol. The third kappa shape index (κ3) is 5.52. The van der Waals surface area contributed by atoms with Crippen molar-refractivity contribution < 1.29 is 5.11 Å². The van der Waals surface area contributed by atoms with Gasteiger partial charge in [-0.2, -0.15) is 0 Å². The lowest BCUT2D eigenvalue weighted by Gasteiger charge is -2.32. The minimum Gasteiger partial charge on any atom is -0.396 e. The zero-order chi connectivity index (χ0) is 17.4. The molecule has 1 aromatic carbocycles. The quantitative estimate of drug-likeness (QED) is 0.596. The lowest BCUT2D eigenvalue weighted by Crippen LogP contribution is -2.44. The molecule has 24 heavy (non-hydrogen) atoms. The minimum atomic E-state index is 0.251. The Morgan fingerprint density at radius 3 is 2.71 bits per heavy atom. The molecule has 2 rings (SSSR count). The molecular weight excluding hydrogens is 298 g/mol. The Hall–Kier alpha value is -1.55. The Morgan fingerprint density at radius 2 is 2.04 bits per heavy atom. The van der Waals surface area contributed by atoms with E-state index in [0.717, 1.165) is 51.4 Å². The van der Waals surface area contributed by atoms with Crippen LogP contribution in [0, 0.1) is 11.8 Å². The number of rotatable bonds is 7. The fraction of sp³-hybridized carbons (Fsp3) is 0.650. The summed E-state index contributed by atoms with van der Waals surface area (Å²) in [6.07, 6.45) is 3.03. The van der Waals surface area contributed by atoms with E-state index in [0.29, 0.717) is 11.8 Å². The highest BCUT2D eigenvalue weighted by atomic mass is 16.3. The third-order valence-electron chi connectivity index (χ3n) is 4.61.